The van der Waals surface area contributed by atoms with Crippen LogP contribution in [0.25, 0.3) is 0 Å². The number of aliphatic hydroxyl groups excluding tert-OH is 2. The van der Waals surface area contributed by atoms with Crippen LogP contribution in [0.1, 0.15) is 6.42 Å². The van der Waals surface area contributed by atoms with E-state index in [1.165, 1.54) is 0 Å². The molecular weight excluding hydrogens is 192 g/mol. The fourth-order valence-electron chi connectivity index (χ4n) is 0.619. The van der Waals surface area contributed by atoms with Gasteiger partial charge in [0.2, 0.25) is 0 Å². The van der Waals surface area contributed by atoms with Crippen molar-refractivity contribution in [3.8, 4) is 0 Å². The van der Waals surface area contributed by atoms with Gasteiger partial charge in [0, 0.05) is 13.1 Å². The van der Waals surface area contributed by atoms with E-state index in [1.807, 2.05) is 0 Å². The van der Waals surface area contributed by atoms with Gasteiger partial charge in [-0.25, -0.2) is 4.79 Å². The summed E-state index contributed by atoms with van der Waals surface area (Å²) in [6.45, 7) is 0.269. The molecule has 2 amide bonds. The van der Waals surface area contributed by atoms with Crippen molar-refractivity contribution in [1.29, 1.82) is 0 Å². The van der Waals surface area contributed by atoms with Gasteiger partial charge in [0.25, 0.3) is 0 Å². The van der Waals surface area contributed by atoms with Crippen LogP contribution in [0.3, 0.4) is 0 Å². The fraction of sp³-hybridized carbons (Fsp3) is 0.857. The molecule has 0 aromatic rings. The van der Waals surface area contributed by atoms with Crippen LogP contribution in [-0.4, -0.2) is 47.8 Å². The van der Waals surface area contributed by atoms with Gasteiger partial charge in [-0.3, -0.25) is 0 Å². The van der Waals surface area contributed by atoms with Gasteiger partial charge in [-0.15, -0.1) is 0 Å². The van der Waals surface area contributed by atoms with E-state index in [2.05, 4.69) is 23.3 Å². The molecule has 0 spiro atoms. The largest absolute Gasteiger partial charge is 0.394 e. The van der Waals surface area contributed by atoms with Crippen molar-refractivity contribution >= 4 is 18.7 Å². The highest BCUT2D eigenvalue weighted by Crippen LogP contribution is 1.80. The van der Waals surface area contributed by atoms with E-state index in [9.17, 15) is 4.79 Å². The predicted octanol–water partition coefficient (Wildman–Crippen LogP) is -1.04. The number of aliphatic hydroxyl groups is 2. The molecule has 0 saturated heterocycles. The molecule has 1 unspecified atom stereocenters. The lowest BCUT2D eigenvalue weighted by atomic mass is 10.4. The van der Waals surface area contributed by atoms with E-state index in [4.69, 9.17) is 10.2 Å². The van der Waals surface area contributed by atoms with E-state index < -0.39 is 6.10 Å². The molecule has 0 radical (unpaired) electrons. The summed E-state index contributed by atoms with van der Waals surface area (Å²) in [5.74, 6) is 0.722. The molecule has 1 atom stereocenters. The summed E-state index contributed by atoms with van der Waals surface area (Å²) in [5, 5.41) is 22.3. The number of carbonyl (C=O) groups excluding carboxylic acids is 1. The quantitative estimate of drug-likeness (QED) is 0.286. The van der Waals surface area contributed by atoms with E-state index in [1.54, 1.807) is 0 Å². The molecule has 0 aromatic heterocycles. The number of hydrogen-bond donors (Lipinski definition) is 5. The normalized spacial score (nSPS) is 12.2. The number of amides is 2. The maximum absolute atomic E-state index is 10.9. The highest BCUT2D eigenvalue weighted by atomic mass is 32.1. The molecule has 0 rings (SSSR count). The summed E-state index contributed by atoms with van der Waals surface area (Å²) in [7, 11) is 0. The lowest BCUT2D eigenvalue weighted by Gasteiger charge is -2.09. The molecule has 0 aliphatic heterocycles. The number of carbonyl (C=O) groups is 1. The second-order valence-corrected chi connectivity index (χ2v) is 3.00. The highest BCUT2D eigenvalue weighted by Gasteiger charge is 2.03. The number of urea groups is 1. The third-order valence-corrected chi connectivity index (χ3v) is 1.65. The summed E-state index contributed by atoms with van der Waals surface area (Å²) < 4.78 is 0. The molecule has 13 heavy (non-hydrogen) atoms. The van der Waals surface area contributed by atoms with E-state index in [0.717, 1.165) is 12.2 Å². The van der Waals surface area contributed by atoms with Crippen molar-refractivity contribution in [3.63, 3.8) is 0 Å². The minimum Gasteiger partial charge on any atom is -0.394 e. The van der Waals surface area contributed by atoms with Crippen LogP contribution in [0.2, 0.25) is 0 Å². The average Bonchev–Trinajstić information content (AvgIpc) is 2.14. The Balaban J connectivity index is 3.30. The first-order valence-electron chi connectivity index (χ1n) is 4.12. The number of nitrogens with one attached hydrogen (secondary N) is 2. The smallest absolute Gasteiger partial charge is 0.314 e. The highest BCUT2D eigenvalue weighted by molar-refractivity contribution is 7.80. The van der Waals surface area contributed by atoms with Gasteiger partial charge >= 0.3 is 6.03 Å². The van der Waals surface area contributed by atoms with Crippen molar-refractivity contribution in [2.45, 2.75) is 12.5 Å². The van der Waals surface area contributed by atoms with Crippen molar-refractivity contribution in [2.75, 3.05) is 25.4 Å². The molecule has 0 aliphatic rings. The van der Waals surface area contributed by atoms with Crippen LogP contribution in [0.5, 0.6) is 0 Å². The molecule has 5 nitrogen and oxygen atoms in total. The molecule has 4 N–H and O–H groups in total. The molecule has 0 bridgehead atoms. The summed E-state index contributed by atoms with van der Waals surface area (Å²) in [4.78, 5) is 10.9. The summed E-state index contributed by atoms with van der Waals surface area (Å²) in [5.41, 5.74) is 0. The van der Waals surface area contributed by atoms with Gasteiger partial charge in [-0.1, -0.05) is 0 Å². The summed E-state index contributed by atoms with van der Waals surface area (Å²) >= 11 is 3.98. The lowest BCUT2D eigenvalue weighted by molar-refractivity contribution is 0.0959. The predicted molar refractivity (Wildman–Crippen MR) is 53.0 cm³/mol. The Morgan fingerprint density at radius 3 is 2.69 bits per heavy atom. The Hall–Kier alpha value is -0.460. The Morgan fingerprint density at radius 1 is 1.46 bits per heavy atom. The molecule has 78 valence electrons. The summed E-state index contributed by atoms with van der Waals surface area (Å²) in [6.07, 6.45) is -0.0883. The van der Waals surface area contributed by atoms with E-state index >= 15 is 0 Å². The summed E-state index contributed by atoms with van der Waals surface area (Å²) in [6, 6.07) is -0.339. The van der Waals surface area contributed by atoms with Gasteiger partial charge in [0.05, 0.1) is 12.7 Å². The van der Waals surface area contributed by atoms with Crippen LogP contribution in [0.4, 0.5) is 4.79 Å². The third-order valence-electron chi connectivity index (χ3n) is 1.33. The van der Waals surface area contributed by atoms with Crippen molar-refractivity contribution in [3.05, 3.63) is 0 Å². The second kappa shape index (κ2) is 8.15. The Morgan fingerprint density at radius 2 is 2.15 bits per heavy atom. The number of rotatable bonds is 6. The first kappa shape index (κ1) is 12.5. The molecule has 0 aromatic carbocycles. The zero-order chi connectivity index (χ0) is 10.1. The van der Waals surface area contributed by atoms with Gasteiger partial charge in [0.1, 0.15) is 0 Å². The Bertz CT molecular complexity index is 146. The third kappa shape index (κ3) is 7.89. The van der Waals surface area contributed by atoms with Crippen LogP contribution >= 0.6 is 12.6 Å². The average molecular weight is 208 g/mol. The molecule has 0 fully saturated rings. The second-order valence-electron chi connectivity index (χ2n) is 2.55. The Kier molecular flexibility index (Phi) is 7.86. The molecule has 0 aliphatic carbocycles. The maximum Gasteiger partial charge on any atom is 0.314 e. The first-order valence-corrected chi connectivity index (χ1v) is 4.75. The van der Waals surface area contributed by atoms with Gasteiger partial charge in [-0.2, -0.15) is 12.6 Å². The fourth-order valence-corrected chi connectivity index (χ4v) is 0.777. The molecular formula is C7H16N2O3S. The molecule has 6 heteroatoms. The minimum atomic E-state index is -0.893. The topological polar surface area (TPSA) is 81.6 Å². The van der Waals surface area contributed by atoms with E-state index in [-0.39, 0.29) is 19.2 Å². The monoisotopic (exact) mass is 208 g/mol. The lowest BCUT2D eigenvalue weighted by Crippen LogP contribution is -2.41. The minimum absolute atomic E-state index is 0.0587. The van der Waals surface area contributed by atoms with Gasteiger partial charge in [-0.05, 0) is 12.2 Å². The number of hydrogen-bond acceptors (Lipinski definition) is 4. The standard InChI is InChI=1S/C7H16N2O3S/c10-5-6(11)4-9-7(12)8-2-1-3-13/h6,10-11,13H,1-5H2,(H2,8,9,12). The zero-order valence-electron chi connectivity index (χ0n) is 7.36. The molecule has 0 heterocycles. The molecule has 0 saturated carbocycles. The Labute approximate surface area is 82.9 Å². The van der Waals surface area contributed by atoms with Crippen molar-refractivity contribution in [2.24, 2.45) is 0 Å². The van der Waals surface area contributed by atoms with Gasteiger partial charge in [0.15, 0.2) is 0 Å². The van der Waals surface area contributed by atoms with Crippen molar-refractivity contribution in [1.82, 2.24) is 10.6 Å². The van der Waals surface area contributed by atoms with Crippen LogP contribution < -0.4 is 10.6 Å². The number of thiol groups is 1. The van der Waals surface area contributed by atoms with Crippen LogP contribution in [0.15, 0.2) is 0 Å². The van der Waals surface area contributed by atoms with E-state index in [0.29, 0.717) is 6.54 Å². The van der Waals surface area contributed by atoms with Crippen LogP contribution in [-0.2, 0) is 0 Å². The maximum atomic E-state index is 10.9. The SMILES string of the molecule is O=C(NCCCS)NCC(O)CO. The zero-order valence-corrected chi connectivity index (χ0v) is 8.26. The first-order chi connectivity index (χ1) is 6.20. The van der Waals surface area contributed by atoms with Gasteiger partial charge < -0.3 is 20.8 Å². The van der Waals surface area contributed by atoms with Crippen molar-refractivity contribution < 1.29 is 15.0 Å². The van der Waals surface area contributed by atoms with Crippen LogP contribution in [0, 0.1) is 0 Å².